The average molecular weight is 387 g/mol. The van der Waals surface area contributed by atoms with E-state index in [0.29, 0.717) is 5.56 Å². The molecule has 0 aromatic heterocycles. The van der Waals surface area contributed by atoms with Gasteiger partial charge in [-0.15, -0.1) is 0 Å². The van der Waals surface area contributed by atoms with E-state index in [0.717, 1.165) is 35.7 Å². The predicted molar refractivity (Wildman–Crippen MR) is 84.7 cm³/mol. The highest BCUT2D eigenvalue weighted by Gasteiger charge is 2.36. The van der Waals surface area contributed by atoms with Crippen molar-refractivity contribution in [1.82, 2.24) is 5.32 Å². The van der Waals surface area contributed by atoms with Crippen molar-refractivity contribution in [2.24, 2.45) is 0 Å². The second-order valence-corrected chi connectivity index (χ2v) is 6.51. The lowest BCUT2D eigenvalue weighted by Gasteiger charge is -2.37. The van der Waals surface area contributed by atoms with Gasteiger partial charge < -0.3 is 10.4 Å². The number of hydrogen-bond acceptors (Lipinski definition) is 2. The van der Waals surface area contributed by atoms with Crippen LogP contribution in [0.2, 0.25) is 0 Å². The molecule has 0 spiro atoms. The smallest absolute Gasteiger partial charge is 0.305 e. The maximum absolute atomic E-state index is 12.4. The van der Waals surface area contributed by atoms with Gasteiger partial charge in [0.25, 0.3) is 5.91 Å². The second-order valence-electron chi connectivity index (χ2n) is 5.35. The predicted octanol–water partition coefficient (Wildman–Crippen LogP) is 3.20. The number of carboxylic acids is 1. The Balaban J connectivity index is 2.17. The zero-order valence-electron chi connectivity index (χ0n) is 11.2. The van der Waals surface area contributed by atoms with Gasteiger partial charge in [-0.2, -0.15) is 0 Å². The topological polar surface area (TPSA) is 66.4 Å². The van der Waals surface area contributed by atoms with Crippen LogP contribution in [0, 0.1) is 3.57 Å². The van der Waals surface area contributed by atoms with Gasteiger partial charge in [0.15, 0.2) is 0 Å². The normalized spacial score (nSPS) is 17.4. The number of carbonyl (C=O) groups excluding carboxylic acids is 1. The highest BCUT2D eigenvalue weighted by molar-refractivity contribution is 14.1. The Morgan fingerprint density at radius 3 is 2.45 bits per heavy atom. The first-order valence-electron chi connectivity index (χ1n) is 6.81. The van der Waals surface area contributed by atoms with E-state index in [2.05, 4.69) is 27.9 Å². The summed E-state index contributed by atoms with van der Waals surface area (Å²) < 4.78 is 0.879. The Bertz CT molecular complexity index is 510. The molecular weight excluding hydrogens is 369 g/mol. The molecule has 0 saturated heterocycles. The van der Waals surface area contributed by atoms with E-state index >= 15 is 0 Å². The largest absolute Gasteiger partial charge is 0.481 e. The SMILES string of the molecule is O=C(O)CC1(NC(=O)c2ccccc2I)CCCCC1. The Morgan fingerprint density at radius 2 is 1.85 bits per heavy atom. The summed E-state index contributed by atoms with van der Waals surface area (Å²) in [5.41, 5.74) is 0.0310. The summed E-state index contributed by atoms with van der Waals surface area (Å²) in [5, 5.41) is 12.1. The molecule has 0 bridgehead atoms. The zero-order chi connectivity index (χ0) is 14.6. The van der Waals surface area contributed by atoms with Crippen LogP contribution in [0.4, 0.5) is 0 Å². The number of carboxylic acid groups (broad SMARTS) is 1. The minimum absolute atomic E-state index is 0.00214. The Kier molecular flexibility index (Phi) is 5.01. The summed E-state index contributed by atoms with van der Waals surface area (Å²) in [6, 6.07) is 7.35. The summed E-state index contributed by atoms with van der Waals surface area (Å²) in [6.07, 6.45) is 4.55. The zero-order valence-corrected chi connectivity index (χ0v) is 13.4. The molecule has 4 nitrogen and oxygen atoms in total. The molecule has 1 aliphatic rings. The summed E-state index contributed by atoms with van der Waals surface area (Å²) in [6.45, 7) is 0. The van der Waals surface area contributed by atoms with Gasteiger partial charge >= 0.3 is 5.97 Å². The number of benzene rings is 1. The van der Waals surface area contributed by atoms with Crippen molar-refractivity contribution in [3.05, 3.63) is 33.4 Å². The van der Waals surface area contributed by atoms with E-state index < -0.39 is 11.5 Å². The third-order valence-electron chi connectivity index (χ3n) is 3.80. The van der Waals surface area contributed by atoms with Gasteiger partial charge in [0.1, 0.15) is 0 Å². The highest BCUT2D eigenvalue weighted by atomic mass is 127. The van der Waals surface area contributed by atoms with Crippen LogP contribution in [0.3, 0.4) is 0 Å². The van der Waals surface area contributed by atoms with Crippen LogP contribution in [0.1, 0.15) is 48.9 Å². The molecule has 0 radical (unpaired) electrons. The lowest BCUT2D eigenvalue weighted by Crippen LogP contribution is -2.51. The van der Waals surface area contributed by atoms with Gasteiger partial charge in [-0.1, -0.05) is 31.4 Å². The van der Waals surface area contributed by atoms with Crippen LogP contribution in [-0.4, -0.2) is 22.5 Å². The summed E-state index contributed by atoms with van der Waals surface area (Å²) in [4.78, 5) is 23.5. The molecule has 1 amide bonds. The van der Waals surface area contributed by atoms with Crippen molar-refractivity contribution in [1.29, 1.82) is 0 Å². The van der Waals surface area contributed by atoms with Crippen molar-refractivity contribution in [3.63, 3.8) is 0 Å². The van der Waals surface area contributed by atoms with Crippen LogP contribution in [-0.2, 0) is 4.79 Å². The molecule has 0 heterocycles. The quantitative estimate of drug-likeness (QED) is 0.780. The van der Waals surface area contributed by atoms with Gasteiger partial charge in [-0.25, -0.2) is 0 Å². The first-order chi connectivity index (χ1) is 9.52. The molecule has 0 unspecified atom stereocenters. The van der Waals surface area contributed by atoms with Crippen molar-refractivity contribution >= 4 is 34.5 Å². The molecule has 1 aliphatic carbocycles. The molecular formula is C15H18INO3. The third kappa shape index (κ3) is 3.71. The highest BCUT2D eigenvalue weighted by Crippen LogP contribution is 2.31. The van der Waals surface area contributed by atoms with E-state index in [9.17, 15) is 9.59 Å². The van der Waals surface area contributed by atoms with Gasteiger partial charge in [-0.05, 0) is 47.6 Å². The first-order valence-corrected chi connectivity index (χ1v) is 7.89. The first kappa shape index (κ1) is 15.3. The number of carbonyl (C=O) groups is 2. The number of rotatable bonds is 4. The fraction of sp³-hybridized carbons (Fsp3) is 0.467. The second kappa shape index (κ2) is 6.56. The Hall–Kier alpha value is -1.11. The van der Waals surface area contributed by atoms with Crippen LogP contribution < -0.4 is 5.32 Å². The number of amides is 1. The van der Waals surface area contributed by atoms with Crippen LogP contribution >= 0.6 is 22.6 Å². The monoisotopic (exact) mass is 387 g/mol. The van der Waals surface area contributed by atoms with Gasteiger partial charge in [0.2, 0.25) is 0 Å². The molecule has 108 valence electrons. The number of halogens is 1. The fourth-order valence-electron chi connectivity index (χ4n) is 2.82. The van der Waals surface area contributed by atoms with Crippen molar-refractivity contribution < 1.29 is 14.7 Å². The maximum atomic E-state index is 12.4. The molecule has 5 heteroatoms. The van der Waals surface area contributed by atoms with Crippen molar-refractivity contribution in [2.45, 2.75) is 44.1 Å². The number of hydrogen-bond donors (Lipinski definition) is 2. The molecule has 1 saturated carbocycles. The van der Waals surface area contributed by atoms with E-state index in [-0.39, 0.29) is 12.3 Å². The van der Waals surface area contributed by atoms with E-state index in [1.54, 1.807) is 6.07 Å². The third-order valence-corrected chi connectivity index (χ3v) is 4.74. The Morgan fingerprint density at radius 1 is 1.20 bits per heavy atom. The Labute approximate surface area is 132 Å². The van der Waals surface area contributed by atoms with E-state index in [1.807, 2.05) is 18.2 Å². The fourth-order valence-corrected chi connectivity index (χ4v) is 3.45. The summed E-state index contributed by atoms with van der Waals surface area (Å²) >= 11 is 2.12. The average Bonchev–Trinajstić information content (AvgIpc) is 2.39. The minimum Gasteiger partial charge on any atom is -0.481 e. The molecule has 20 heavy (non-hydrogen) atoms. The molecule has 0 atom stereocenters. The standard InChI is InChI=1S/C15H18INO3/c16-12-7-3-2-6-11(12)14(20)17-15(10-13(18)19)8-4-1-5-9-15/h2-3,6-7H,1,4-5,8-10H2,(H,17,20)(H,18,19). The van der Waals surface area contributed by atoms with Gasteiger partial charge in [0.05, 0.1) is 17.5 Å². The molecule has 2 N–H and O–H groups in total. The van der Waals surface area contributed by atoms with Crippen LogP contribution in [0.15, 0.2) is 24.3 Å². The van der Waals surface area contributed by atoms with Crippen LogP contribution in [0.5, 0.6) is 0 Å². The number of aliphatic carboxylic acids is 1. The maximum Gasteiger partial charge on any atom is 0.305 e. The lowest BCUT2D eigenvalue weighted by atomic mass is 9.79. The van der Waals surface area contributed by atoms with Crippen molar-refractivity contribution in [2.75, 3.05) is 0 Å². The lowest BCUT2D eigenvalue weighted by molar-refractivity contribution is -0.139. The van der Waals surface area contributed by atoms with Gasteiger partial charge in [-0.3, -0.25) is 9.59 Å². The van der Waals surface area contributed by atoms with E-state index in [1.165, 1.54) is 0 Å². The summed E-state index contributed by atoms with van der Waals surface area (Å²) in [7, 11) is 0. The molecule has 1 aromatic carbocycles. The minimum atomic E-state index is -0.852. The van der Waals surface area contributed by atoms with E-state index in [4.69, 9.17) is 5.11 Å². The van der Waals surface area contributed by atoms with Crippen LogP contribution in [0.25, 0.3) is 0 Å². The number of nitrogens with one attached hydrogen (secondary N) is 1. The van der Waals surface area contributed by atoms with Crippen molar-refractivity contribution in [3.8, 4) is 0 Å². The summed E-state index contributed by atoms with van der Waals surface area (Å²) in [5.74, 6) is -1.02. The molecule has 2 rings (SSSR count). The molecule has 1 aromatic rings. The van der Waals surface area contributed by atoms with Gasteiger partial charge in [0, 0.05) is 3.57 Å². The molecule has 0 aliphatic heterocycles. The molecule has 1 fully saturated rings.